The monoisotopic (exact) mass is 244 g/mol. The van der Waals surface area contributed by atoms with Gasteiger partial charge in [0.15, 0.2) is 6.17 Å². The van der Waals surface area contributed by atoms with Gasteiger partial charge in [0.1, 0.15) is 5.60 Å². The van der Waals surface area contributed by atoms with Crippen molar-refractivity contribution in [1.82, 2.24) is 0 Å². The van der Waals surface area contributed by atoms with Gasteiger partial charge in [-0.1, -0.05) is 60.7 Å². The van der Waals surface area contributed by atoms with Crippen molar-refractivity contribution >= 4 is 0 Å². The molecule has 2 heteroatoms. The van der Waals surface area contributed by atoms with Crippen LogP contribution < -0.4 is 0 Å². The number of benzene rings is 2. The van der Waals surface area contributed by atoms with E-state index in [0.29, 0.717) is 5.56 Å². The van der Waals surface area contributed by atoms with E-state index < -0.39 is 11.8 Å². The Balaban J connectivity index is 2.39. The summed E-state index contributed by atoms with van der Waals surface area (Å²) in [5.74, 6) is 0. The molecule has 0 spiro atoms. The summed E-state index contributed by atoms with van der Waals surface area (Å²) < 4.78 is 20.2. The van der Waals surface area contributed by atoms with Crippen molar-refractivity contribution in [2.45, 2.75) is 18.7 Å². The van der Waals surface area contributed by atoms with Gasteiger partial charge in [0, 0.05) is 7.11 Å². The Kier molecular flexibility index (Phi) is 3.78. The lowest BCUT2D eigenvalue weighted by Gasteiger charge is -2.32. The predicted octanol–water partition coefficient (Wildman–Crippen LogP) is 4.26. The third-order valence-corrected chi connectivity index (χ3v) is 3.35. The Labute approximate surface area is 107 Å². The Bertz CT molecular complexity index is 483. The van der Waals surface area contributed by atoms with Crippen LogP contribution in [0.15, 0.2) is 60.7 Å². The van der Waals surface area contributed by atoms with Crippen LogP contribution in [0.25, 0.3) is 0 Å². The number of halogens is 1. The van der Waals surface area contributed by atoms with Gasteiger partial charge in [0.25, 0.3) is 0 Å². The quantitative estimate of drug-likeness (QED) is 0.780. The van der Waals surface area contributed by atoms with Gasteiger partial charge in [-0.3, -0.25) is 0 Å². The molecule has 94 valence electrons. The second-order valence-electron chi connectivity index (χ2n) is 4.45. The van der Waals surface area contributed by atoms with Crippen molar-refractivity contribution < 1.29 is 9.13 Å². The summed E-state index contributed by atoms with van der Waals surface area (Å²) in [5.41, 5.74) is 0.498. The third kappa shape index (κ3) is 2.29. The fraction of sp³-hybridized carbons (Fsp3) is 0.250. The highest BCUT2D eigenvalue weighted by Crippen LogP contribution is 2.40. The molecule has 0 amide bonds. The van der Waals surface area contributed by atoms with Crippen molar-refractivity contribution in [2.24, 2.45) is 0 Å². The van der Waals surface area contributed by atoms with Gasteiger partial charge in [-0.2, -0.15) is 0 Å². The highest BCUT2D eigenvalue weighted by atomic mass is 19.1. The summed E-state index contributed by atoms with van der Waals surface area (Å²) in [7, 11) is 1.54. The largest absolute Gasteiger partial charge is 0.370 e. The number of alkyl halides is 1. The normalized spacial score (nSPS) is 15.9. The molecule has 2 unspecified atom stereocenters. The maximum Gasteiger partial charge on any atom is 0.158 e. The topological polar surface area (TPSA) is 9.23 Å². The molecule has 0 saturated heterocycles. The standard InChI is InChI=1S/C16H17FO/c1-16(18-2,14-11-7-4-8-12-14)15(17)13-9-5-3-6-10-13/h3-12,15H,1-2H3. The molecule has 0 aliphatic rings. The van der Waals surface area contributed by atoms with Crippen LogP contribution in [0.4, 0.5) is 4.39 Å². The average molecular weight is 244 g/mol. The fourth-order valence-electron chi connectivity index (χ4n) is 2.08. The van der Waals surface area contributed by atoms with E-state index in [-0.39, 0.29) is 0 Å². The SMILES string of the molecule is COC(C)(c1ccccc1)C(F)c1ccccc1. The first kappa shape index (κ1) is 12.8. The highest BCUT2D eigenvalue weighted by Gasteiger charge is 2.37. The average Bonchev–Trinajstić information content (AvgIpc) is 2.47. The van der Waals surface area contributed by atoms with E-state index in [9.17, 15) is 4.39 Å². The molecule has 0 aliphatic carbocycles. The molecule has 1 nitrogen and oxygen atoms in total. The Hall–Kier alpha value is -1.67. The zero-order valence-corrected chi connectivity index (χ0v) is 10.6. The van der Waals surface area contributed by atoms with Gasteiger partial charge >= 0.3 is 0 Å². The van der Waals surface area contributed by atoms with Gasteiger partial charge in [-0.25, -0.2) is 4.39 Å². The molecule has 0 aliphatic heterocycles. The van der Waals surface area contributed by atoms with Gasteiger partial charge < -0.3 is 4.74 Å². The van der Waals surface area contributed by atoms with Crippen molar-refractivity contribution in [1.29, 1.82) is 0 Å². The van der Waals surface area contributed by atoms with E-state index >= 15 is 0 Å². The number of rotatable bonds is 4. The highest BCUT2D eigenvalue weighted by molar-refractivity contribution is 5.29. The maximum atomic E-state index is 14.7. The molecule has 2 atom stereocenters. The molecule has 2 aromatic rings. The van der Waals surface area contributed by atoms with Crippen LogP contribution in [0.5, 0.6) is 0 Å². The molecular weight excluding hydrogens is 227 g/mol. The smallest absolute Gasteiger partial charge is 0.158 e. The molecule has 0 bridgehead atoms. The van der Waals surface area contributed by atoms with E-state index in [2.05, 4.69) is 0 Å². The number of hydrogen-bond acceptors (Lipinski definition) is 1. The van der Waals surface area contributed by atoms with Gasteiger partial charge in [0.2, 0.25) is 0 Å². The molecule has 0 saturated carbocycles. The molecule has 2 aromatic carbocycles. The second-order valence-corrected chi connectivity index (χ2v) is 4.45. The lowest BCUT2D eigenvalue weighted by molar-refractivity contribution is -0.0639. The van der Waals surface area contributed by atoms with Crippen LogP contribution in [-0.4, -0.2) is 7.11 Å². The summed E-state index contributed by atoms with van der Waals surface area (Å²) in [6, 6.07) is 18.6. The summed E-state index contributed by atoms with van der Waals surface area (Å²) in [5, 5.41) is 0. The first-order chi connectivity index (χ1) is 8.68. The third-order valence-electron chi connectivity index (χ3n) is 3.35. The van der Waals surface area contributed by atoms with Crippen LogP contribution in [0, 0.1) is 0 Å². The number of methoxy groups -OCH3 is 1. The fourth-order valence-corrected chi connectivity index (χ4v) is 2.08. The minimum Gasteiger partial charge on any atom is -0.370 e. The van der Waals surface area contributed by atoms with E-state index in [1.54, 1.807) is 26.2 Å². The summed E-state index contributed by atoms with van der Waals surface area (Å²) in [6.45, 7) is 1.78. The molecule has 0 fully saturated rings. The van der Waals surface area contributed by atoms with Crippen molar-refractivity contribution in [3.63, 3.8) is 0 Å². The molecule has 0 heterocycles. The lowest BCUT2D eigenvalue weighted by atomic mass is 9.87. The molecule has 0 N–H and O–H groups in total. The first-order valence-electron chi connectivity index (χ1n) is 5.98. The van der Waals surface area contributed by atoms with Crippen LogP contribution in [-0.2, 0) is 10.3 Å². The summed E-state index contributed by atoms with van der Waals surface area (Å²) in [4.78, 5) is 0. The first-order valence-corrected chi connectivity index (χ1v) is 5.98. The lowest BCUT2D eigenvalue weighted by Crippen LogP contribution is -2.30. The Morgan fingerprint density at radius 1 is 0.944 bits per heavy atom. The molecule has 18 heavy (non-hydrogen) atoms. The van der Waals surface area contributed by atoms with Crippen LogP contribution in [0.1, 0.15) is 24.2 Å². The number of ether oxygens (including phenoxy) is 1. The van der Waals surface area contributed by atoms with Gasteiger partial charge in [-0.05, 0) is 18.1 Å². The minimum absolute atomic E-state index is 0.630. The van der Waals surface area contributed by atoms with Gasteiger partial charge in [0.05, 0.1) is 0 Å². The zero-order chi connectivity index (χ0) is 13.0. The summed E-state index contributed by atoms with van der Waals surface area (Å²) in [6.07, 6.45) is -1.20. The zero-order valence-electron chi connectivity index (χ0n) is 10.6. The van der Waals surface area contributed by atoms with Crippen LogP contribution in [0.3, 0.4) is 0 Å². The van der Waals surface area contributed by atoms with Gasteiger partial charge in [-0.15, -0.1) is 0 Å². The Morgan fingerprint density at radius 3 is 1.94 bits per heavy atom. The van der Waals surface area contributed by atoms with Crippen molar-refractivity contribution in [2.75, 3.05) is 7.11 Å². The van der Waals surface area contributed by atoms with E-state index in [0.717, 1.165) is 5.56 Å². The molecular formula is C16H17FO. The second kappa shape index (κ2) is 5.32. The predicted molar refractivity (Wildman–Crippen MR) is 71.1 cm³/mol. The maximum absolute atomic E-state index is 14.7. The van der Waals surface area contributed by atoms with E-state index in [1.807, 2.05) is 48.5 Å². The molecule has 0 radical (unpaired) electrons. The molecule has 2 rings (SSSR count). The number of hydrogen-bond donors (Lipinski definition) is 0. The Morgan fingerprint density at radius 2 is 1.44 bits per heavy atom. The molecule has 0 aromatic heterocycles. The van der Waals surface area contributed by atoms with E-state index in [1.165, 1.54) is 0 Å². The summed E-state index contributed by atoms with van der Waals surface area (Å²) >= 11 is 0. The minimum atomic E-state index is -1.20. The van der Waals surface area contributed by atoms with Crippen molar-refractivity contribution in [3.8, 4) is 0 Å². The van der Waals surface area contributed by atoms with Crippen molar-refractivity contribution in [3.05, 3.63) is 71.8 Å². The van der Waals surface area contributed by atoms with Crippen LogP contribution >= 0.6 is 0 Å². The van der Waals surface area contributed by atoms with Crippen LogP contribution in [0.2, 0.25) is 0 Å². The van der Waals surface area contributed by atoms with E-state index in [4.69, 9.17) is 4.74 Å².